The number of aryl methyl sites for hydroxylation is 1. The summed E-state index contributed by atoms with van der Waals surface area (Å²) in [5.41, 5.74) is 2.49. The van der Waals surface area contributed by atoms with Gasteiger partial charge in [-0.25, -0.2) is 0 Å². The molecular formula is C72H138NO31S+2. The van der Waals surface area contributed by atoms with Gasteiger partial charge in [0.25, 0.3) is 0 Å². The van der Waals surface area contributed by atoms with Gasteiger partial charge in [0.2, 0.25) is 0 Å². The molecule has 0 aliphatic carbocycles. The van der Waals surface area contributed by atoms with Crippen LogP contribution in [0, 0.1) is 0 Å². The largest absolute Gasteiger partial charge is 0.597 e. The van der Waals surface area contributed by atoms with Gasteiger partial charge < -0.3 is 128 Å². The molecule has 1 unspecified atom stereocenters. The van der Waals surface area contributed by atoms with Crippen molar-refractivity contribution in [2.45, 2.75) is 65.2 Å². The van der Waals surface area contributed by atoms with Gasteiger partial charge in [0.05, 0.1) is 348 Å². The molecule has 0 saturated carbocycles. The summed E-state index contributed by atoms with van der Waals surface area (Å²) in [7, 11) is -4.05. The summed E-state index contributed by atoms with van der Waals surface area (Å²) in [6, 6.07) is 6.53. The SMILES string of the molecule is C/C=C/c1cc(CCCCCCCCC)ccc1OCCOCCOCCOCCOCCOCCOCCOCCOCCOCCOCCOCCOCCOCCOCCOCCOCCOCCOCCOCCOCCOCCOCCOCCOCCOCCOCCO[S+]([O])(=O)O[NH3+]. The van der Waals surface area contributed by atoms with Gasteiger partial charge in [-0.05, 0) is 37.5 Å². The Kier molecular flexibility index (Phi) is 83.7. The van der Waals surface area contributed by atoms with E-state index >= 15 is 0 Å². The van der Waals surface area contributed by atoms with Crippen LogP contribution < -0.4 is 10.6 Å². The monoisotopic (exact) mass is 1540 g/mol. The Hall–Kier alpha value is -2.29. The van der Waals surface area contributed by atoms with Crippen molar-refractivity contribution < 1.29 is 151 Å². The van der Waals surface area contributed by atoms with Crippen molar-refractivity contribution in [2.24, 2.45) is 0 Å². The molecular weight excluding hydrogens is 1410 g/mol. The van der Waals surface area contributed by atoms with Gasteiger partial charge in [-0.1, -0.05) is 63.7 Å². The minimum Gasteiger partial charge on any atom is -0.491 e. The molecule has 1 aromatic rings. The van der Waals surface area contributed by atoms with Crippen molar-refractivity contribution in [3.8, 4) is 5.75 Å². The number of allylic oxidation sites excluding steroid dienone is 1. The van der Waals surface area contributed by atoms with E-state index in [1.807, 2.05) is 6.92 Å². The van der Waals surface area contributed by atoms with Gasteiger partial charge in [-0.2, -0.15) is 5.90 Å². The number of ether oxygens (including phenoxy) is 27. The zero-order valence-electron chi connectivity index (χ0n) is 64.0. The second-order valence-corrected chi connectivity index (χ2v) is 23.6. The first-order valence-corrected chi connectivity index (χ1v) is 39.1. The molecule has 32 nitrogen and oxygen atoms in total. The Morgan fingerprint density at radius 3 is 0.695 bits per heavy atom. The molecule has 621 valence electrons. The van der Waals surface area contributed by atoms with E-state index in [0.29, 0.717) is 337 Å². The highest BCUT2D eigenvalue weighted by Crippen LogP contribution is 2.23. The summed E-state index contributed by atoms with van der Waals surface area (Å²) < 4.78 is 180. The van der Waals surface area contributed by atoms with Crippen molar-refractivity contribution in [1.82, 2.24) is 0 Å². The minimum atomic E-state index is -4.05. The fourth-order valence-corrected chi connectivity index (χ4v) is 8.86. The number of hydrogen-bond donors (Lipinski definition) is 1. The predicted octanol–water partition coefficient (Wildman–Crippen LogP) is 4.69. The van der Waals surface area contributed by atoms with E-state index in [9.17, 15) is 8.76 Å². The fraction of sp³-hybridized carbons (Fsp3) is 0.889. The molecule has 0 bridgehead atoms. The number of benzene rings is 1. The lowest BCUT2D eigenvalue weighted by molar-refractivity contribution is -0.640. The Morgan fingerprint density at radius 1 is 0.286 bits per heavy atom. The van der Waals surface area contributed by atoms with E-state index in [4.69, 9.17) is 128 Å². The average molecular weight is 1550 g/mol. The maximum Gasteiger partial charge on any atom is 0.597 e. The first-order chi connectivity index (χ1) is 52.0. The number of quaternary nitrogens is 1. The smallest absolute Gasteiger partial charge is 0.491 e. The van der Waals surface area contributed by atoms with Crippen LogP contribution in [0.5, 0.6) is 5.75 Å². The fourth-order valence-electron chi connectivity index (χ4n) is 8.52. The first kappa shape index (κ1) is 101. The summed E-state index contributed by atoms with van der Waals surface area (Å²) in [6.45, 7) is 28.6. The van der Waals surface area contributed by atoms with E-state index in [1.54, 1.807) is 0 Å². The third-order valence-electron chi connectivity index (χ3n) is 13.9. The van der Waals surface area contributed by atoms with Crippen molar-refractivity contribution in [3.05, 3.63) is 35.4 Å². The molecule has 0 saturated heterocycles. The summed E-state index contributed by atoms with van der Waals surface area (Å²) in [4.78, 5) is 0. The molecule has 1 aromatic carbocycles. The van der Waals surface area contributed by atoms with E-state index < -0.39 is 10.8 Å². The molecule has 105 heavy (non-hydrogen) atoms. The predicted molar refractivity (Wildman–Crippen MR) is 388 cm³/mol. The molecule has 1 rings (SSSR count). The average Bonchev–Trinajstić information content (AvgIpc) is 0.867. The van der Waals surface area contributed by atoms with Gasteiger partial charge in [0, 0.05) is 9.77 Å². The zero-order chi connectivity index (χ0) is 75.1. The minimum absolute atomic E-state index is 0.0793. The van der Waals surface area contributed by atoms with E-state index in [0.717, 1.165) is 17.7 Å². The van der Waals surface area contributed by atoms with Crippen molar-refractivity contribution >= 4 is 16.9 Å². The zero-order valence-corrected chi connectivity index (χ0v) is 64.8. The number of rotatable bonds is 93. The van der Waals surface area contributed by atoms with Crippen LogP contribution >= 0.6 is 0 Å². The quantitative estimate of drug-likeness (QED) is 0.0525. The number of unbranched alkanes of at least 4 members (excludes halogenated alkanes) is 6. The third-order valence-corrected chi connectivity index (χ3v) is 14.6. The van der Waals surface area contributed by atoms with Gasteiger partial charge in [0.1, 0.15) is 23.5 Å². The molecule has 0 fully saturated rings. The van der Waals surface area contributed by atoms with Crippen LogP contribution in [0.15, 0.2) is 24.3 Å². The number of hydrogen-bond acceptors (Lipinski definition) is 30. The van der Waals surface area contributed by atoms with Crippen LogP contribution in [-0.2, 0) is 158 Å². The second kappa shape index (κ2) is 87.3. The van der Waals surface area contributed by atoms with Gasteiger partial charge in [0.15, 0.2) is 0 Å². The standard InChI is InChI=1S/C72H138NO31S/c1-3-5-6-7-8-9-10-12-70-13-14-72(71(69-70)11-4-2)102-67-65-100-63-61-98-59-57-96-55-53-94-51-49-92-47-45-90-43-41-88-39-37-86-35-33-84-31-29-82-27-25-80-23-21-78-19-17-76-15-16-77-18-20-79-22-24-81-26-28-83-30-32-85-34-36-87-38-40-89-42-44-91-46-48-93-50-52-95-54-56-97-58-60-99-62-64-101-66-68-103-105(74,75)104-73/h4,11,13-14,69H,3,5-10,12,15-68H2,1-2,73H3/q+2/b11-4+. The van der Waals surface area contributed by atoms with Crippen LogP contribution in [-0.4, -0.2) is 357 Å². The molecule has 0 heterocycles. The summed E-state index contributed by atoms with van der Waals surface area (Å²) in [6.07, 6.45) is 14.5. The van der Waals surface area contributed by atoms with E-state index in [1.165, 1.54) is 50.5 Å². The maximum absolute atomic E-state index is 10.9. The first-order valence-electron chi connectivity index (χ1n) is 37.7. The maximum atomic E-state index is 10.9. The summed E-state index contributed by atoms with van der Waals surface area (Å²) in [5, 5.41) is 0. The van der Waals surface area contributed by atoms with E-state index in [-0.39, 0.29) is 19.8 Å². The van der Waals surface area contributed by atoms with Crippen molar-refractivity contribution in [1.29, 1.82) is 0 Å². The molecule has 0 aliphatic heterocycles. The molecule has 33 heteroatoms. The lowest BCUT2D eigenvalue weighted by atomic mass is 10.0. The molecule has 0 spiro atoms. The molecule has 1 atom stereocenters. The lowest BCUT2D eigenvalue weighted by Gasteiger charge is -2.12. The molecule has 3 N–H and O–H groups in total. The van der Waals surface area contributed by atoms with Crippen LogP contribution in [0.1, 0.15) is 69.9 Å². The molecule has 0 amide bonds. The van der Waals surface area contributed by atoms with Crippen LogP contribution in [0.4, 0.5) is 0 Å². The van der Waals surface area contributed by atoms with Crippen LogP contribution in [0.3, 0.4) is 0 Å². The highest BCUT2D eigenvalue weighted by molar-refractivity contribution is 7.88. The lowest BCUT2D eigenvalue weighted by Crippen LogP contribution is -2.53. The van der Waals surface area contributed by atoms with E-state index in [2.05, 4.69) is 51.6 Å². The van der Waals surface area contributed by atoms with Crippen molar-refractivity contribution in [3.63, 3.8) is 0 Å². The topological polar surface area (TPSA) is 332 Å². The van der Waals surface area contributed by atoms with Crippen molar-refractivity contribution in [2.75, 3.05) is 357 Å². The Labute approximate surface area is 628 Å². The molecule has 1 radical (unpaired) electrons. The van der Waals surface area contributed by atoms with Crippen LogP contribution in [0.25, 0.3) is 6.08 Å². The van der Waals surface area contributed by atoms with Gasteiger partial charge in [-0.3, -0.25) is 0 Å². The summed E-state index contributed by atoms with van der Waals surface area (Å²) in [5.74, 6) is 3.67. The Morgan fingerprint density at radius 2 is 0.486 bits per heavy atom. The van der Waals surface area contributed by atoms with Crippen LogP contribution in [0.2, 0.25) is 0 Å². The summed E-state index contributed by atoms with van der Waals surface area (Å²) >= 11 is 0. The van der Waals surface area contributed by atoms with Gasteiger partial charge in [-0.15, -0.1) is 4.18 Å². The highest BCUT2D eigenvalue weighted by atomic mass is 32.3. The van der Waals surface area contributed by atoms with Gasteiger partial charge >= 0.3 is 10.8 Å². The third kappa shape index (κ3) is 81.0. The Balaban J connectivity index is 1.63. The molecule has 0 aliphatic rings. The Bertz CT molecular complexity index is 1920. The normalized spacial score (nSPS) is 12.5. The second-order valence-electron chi connectivity index (χ2n) is 22.4. The molecule has 0 aromatic heterocycles. The highest BCUT2D eigenvalue weighted by Gasteiger charge is 2.35.